The Morgan fingerprint density at radius 1 is 1.27 bits per heavy atom. The molecule has 0 saturated heterocycles. The van der Waals surface area contributed by atoms with E-state index in [-0.39, 0.29) is 17.6 Å². The molecule has 0 radical (unpaired) electrons. The van der Waals surface area contributed by atoms with Crippen LogP contribution in [0.3, 0.4) is 0 Å². The summed E-state index contributed by atoms with van der Waals surface area (Å²) < 4.78 is 5.58. The van der Waals surface area contributed by atoms with Crippen LogP contribution < -0.4 is 16.8 Å². The largest absolute Gasteiger partial charge is 0.420 e. The van der Waals surface area contributed by atoms with Gasteiger partial charge in [0.15, 0.2) is 0 Å². The Bertz CT molecular complexity index is 965. The summed E-state index contributed by atoms with van der Waals surface area (Å²) in [6, 6.07) is 5.14. The molecule has 5 N–H and O–H groups in total. The smallest absolute Gasteiger partial charge is 0.253 e. The van der Waals surface area contributed by atoms with Crippen molar-refractivity contribution in [1.82, 2.24) is 20.2 Å². The van der Waals surface area contributed by atoms with Crippen molar-refractivity contribution in [3.63, 3.8) is 0 Å². The van der Waals surface area contributed by atoms with Gasteiger partial charge in [0.2, 0.25) is 17.7 Å². The highest BCUT2D eigenvalue weighted by Crippen LogP contribution is 2.26. The zero-order valence-corrected chi connectivity index (χ0v) is 14.6. The highest BCUT2D eigenvalue weighted by molar-refractivity contribution is 5.94. The van der Waals surface area contributed by atoms with Crippen LogP contribution in [-0.2, 0) is 0 Å². The number of nitrogen functional groups attached to an aromatic ring is 1. The van der Waals surface area contributed by atoms with Crippen molar-refractivity contribution in [2.45, 2.75) is 26.7 Å². The molecule has 2 heterocycles. The number of nitrogens with two attached hydrogens (primary N) is 2. The topological polar surface area (TPSA) is 146 Å². The van der Waals surface area contributed by atoms with Crippen LogP contribution >= 0.6 is 0 Å². The SMILES string of the molecule is Cc1cc(Nc2ncc(-c3nnc(C(C)C)o3)c(N)n2)ccc1C(N)=O. The van der Waals surface area contributed by atoms with E-state index in [1.54, 1.807) is 25.1 Å². The molecule has 0 atom stereocenters. The lowest BCUT2D eigenvalue weighted by atomic mass is 10.1. The number of hydrogen-bond donors (Lipinski definition) is 3. The summed E-state index contributed by atoms with van der Waals surface area (Å²) in [5.74, 6) is 0.962. The summed E-state index contributed by atoms with van der Waals surface area (Å²) in [6.45, 7) is 5.71. The minimum absolute atomic E-state index is 0.117. The van der Waals surface area contributed by atoms with Gasteiger partial charge in [-0.3, -0.25) is 4.79 Å². The predicted octanol–water partition coefficient (Wildman–Crippen LogP) is 2.38. The lowest BCUT2D eigenvalue weighted by molar-refractivity contribution is 0.0999. The zero-order chi connectivity index (χ0) is 18.8. The molecule has 3 aromatic rings. The summed E-state index contributed by atoms with van der Waals surface area (Å²) >= 11 is 0. The number of nitrogens with one attached hydrogen (secondary N) is 1. The van der Waals surface area contributed by atoms with Crippen molar-refractivity contribution in [2.75, 3.05) is 11.1 Å². The van der Waals surface area contributed by atoms with E-state index in [1.165, 1.54) is 6.20 Å². The van der Waals surface area contributed by atoms with E-state index >= 15 is 0 Å². The fourth-order valence-corrected chi connectivity index (χ4v) is 2.34. The van der Waals surface area contributed by atoms with Gasteiger partial charge in [-0.1, -0.05) is 13.8 Å². The molecule has 1 aromatic carbocycles. The van der Waals surface area contributed by atoms with E-state index in [1.807, 2.05) is 13.8 Å². The van der Waals surface area contributed by atoms with Crippen LogP contribution in [-0.4, -0.2) is 26.1 Å². The van der Waals surface area contributed by atoms with E-state index in [4.69, 9.17) is 15.9 Å². The number of carbonyl (C=O) groups is 1. The van der Waals surface area contributed by atoms with Gasteiger partial charge in [-0.05, 0) is 30.7 Å². The van der Waals surface area contributed by atoms with E-state index in [9.17, 15) is 4.79 Å². The summed E-state index contributed by atoms with van der Waals surface area (Å²) in [5.41, 5.74) is 13.7. The van der Waals surface area contributed by atoms with Gasteiger partial charge >= 0.3 is 0 Å². The second-order valence-electron chi connectivity index (χ2n) is 6.11. The van der Waals surface area contributed by atoms with Crippen LogP contribution in [0.2, 0.25) is 0 Å². The van der Waals surface area contributed by atoms with Crippen LogP contribution in [0.5, 0.6) is 0 Å². The number of nitrogens with zero attached hydrogens (tertiary/aromatic N) is 4. The normalized spacial score (nSPS) is 10.9. The first-order valence-electron chi connectivity index (χ1n) is 7.99. The van der Waals surface area contributed by atoms with Gasteiger partial charge in [-0.15, -0.1) is 10.2 Å². The maximum Gasteiger partial charge on any atom is 0.253 e. The van der Waals surface area contributed by atoms with Gasteiger partial charge in [-0.25, -0.2) is 4.98 Å². The fourth-order valence-electron chi connectivity index (χ4n) is 2.34. The van der Waals surface area contributed by atoms with Gasteiger partial charge in [0, 0.05) is 23.4 Å². The van der Waals surface area contributed by atoms with Crippen molar-refractivity contribution in [2.24, 2.45) is 5.73 Å². The number of aryl methyl sites for hydroxylation is 1. The molecule has 9 nitrogen and oxygen atoms in total. The molecule has 0 saturated carbocycles. The Kier molecular flexibility index (Phi) is 4.53. The Balaban J connectivity index is 1.83. The molecular formula is C17H19N7O2. The van der Waals surface area contributed by atoms with E-state index in [2.05, 4.69) is 25.5 Å². The molecule has 0 spiro atoms. The third-order valence-corrected chi connectivity index (χ3v) is 3.73. The highest BCUT2D eigenvalue weighted by Gasteiger charge is 2.16. The zero-order valence-electron chi connectivity index (χ0n) is 14.6. The molecule has 0 aliphatic heterocycles. The number of primary amides is 1. The van der Waals surface area contributed by atoms with E-state index in [0.29, 0.717) is 28.7 Å². The van der Waals surface area contributed by atoms with Crippen molar-refractivity contribution >= 4 is 23.4 Å². The quantitative estimate of drug-likeness (QED) is 0.633. The Morgan fingerprint density at radius 3 is 2.62 bits per heavy atom. The summed E-state index contributed by atoms with van der Waals surface area (Å²) in [4.78, 5) is 19.7. The molecule has 0 aliphatic rings. The number of carbonyl (C=O) groups excluding carboxylic acids is 1. The van der Waals surface area contributed by atoms with Crippen molar-refractivity contribution in [1.29, 1.82) is 0 Å². The summed E-state index contributed by atoms with van der Waals surface area (Å²) in [7, 11) is 0. The number of aromatic nitrogens is 4. The molecule has 0 unspecified atom stereocenters. The minimum atomic E-state index is -0.473. The van der Waals surface area contributed by atoms with Gasteiger partial charge in [-0.2, -0.15) is 4.98 Å². The molecule has 9 heteroatoms. The van der Waals surface area contributed by atoms with Gasteiger partial charge in [0.25, 0.3) is 5.89 Å². The van der Waals surface area contributed by atoms with E-state index < -0.39 is 5.91 Å². The van der Waals surface area contributed by atoms with Crippen LogP contribution in [0.1, 0.15) is 41.6 Å². The predicted molar refractivity (Wildman–Crippen MR) is 96.8 cm³/mol. The molecule has 26 heavy (non-hydrogen) atoms. The fraction of sp³-hybridized carbons (Fsp3) is 0.235. The molecular weight excluding hydrogens is 334 g/mol. The Morgan fingerprint density at radius 2 is 2.04 bits per heavy atom. The lowest BCUT2D eigenvalue weighted by Crippen LogP contribution is -2.12. The maximum absolute atomic E-state index is 11.3. The van der Waals surface area contributed by atoms with Crippen LogP contribution in [0.15, 0.2) is 28.8 Å². The third-order valence-electron chi connectivity index (χ3n) is 3.73. The minimum Gasteiger partial charge on any atom is -0.420 e. The summed E-state index contributed by atoms with van der Waals surface area (Å²) in [6.07, 6.45) is 1.52. The molecule has 0 fully saturated rings. The first-order chi connectivity index (χ1) is 12.3. The third kappa shape index (κ3) is 3.46. The second-order valence-corrected chi connectivity index (χ2v) is 6.11. The number of benzene rings is 1. The Hall–Kier alpha value is -3.49. The highest BCUT2D eigenvalue weighted by atomic mass is 16.4. The monoisotopic (exact) mass is 353 g/mol. The molecule has 3 rings (SSSR count). The Labute approximate surface area is 149 Å². The number of amides is 1. The average Bonchev–Trinajstić information content (AvgIpc) is 3.04. The first kappa shape index (κ1) is 17.3. The number of rotatable bonds is 5. The molecule has 0 aliphatic carbocycles. The van der Waals surface area contributed by atoms with Crippen LogP contribution in [0.4, 0.5) is 17.5 Å². The maximum atomic E-state index is 11.3. The standard InChI is InChI=1S/C17H19N7O2/c1-8(2)15-23-24-16(26-15)12-7-20-17(22-13(12)18)21-10-4-5-11(14(19)25)9(3)6-10/h4-8H,1-3H3,(H2,19,25)(H3,18,20,21,22). The van der Waals surface area contributed by atoms with Crippen molar-refractivity contribution in [3.05, 3.63) is 41.4 Å². The second kappa shape index (κ2) is 6.79. The number of hydrogen-bond acceptors (Lipinski definition) is 8. The average molecular weight is 353 g/mol. The van der Waals surface area contributed by atoms with E-state index in [0.717, 1.165) is 5.56 Å². The number of anilines is 3. The first-order valence-corrected chi connectivity index (χ1v) is 7.99. The molecule has 2 aromatic heterocycles. The summed E-state index contributed by atoms with van der Waals surface area (Å²) in [5, 5.41) is 11.0. The van der Waals surface area contributed by atoms with Crippen molar-refractivity contribution < 1.29 is 9.21 Å². The molecule has 134 valence electrons. The molecule has 1 amide bonds. The molecule has 0 bridgehead atoms. The lowest BCUT2D eigenvalue weighted by Gasteiger charge is -2.09. The van der Waals surface area contributed by atoms with Gasteiger partial charge in [0.05, 0.1) is 5.56 Å². The van der Waals surface area contributed by atoms with Crippen LogP contribution in [0, 0.1) is 6.92 Å². The van der Waals surface area contributed by atoms with Crippen molar-refractivity contribution in [3.8, 4) is 11.5 Å². The van der Waals surface area contributed by atoms with Crippen LogP contribution in [0.25, 0.3) is 11.5 Å². The van der Waals surface area contributed by atoms with Gasteiger partial charge < -0.3 is 21.2 Å². The van der Waals surface area contributed by atoms with Gasteiger partial charge in [0.1, 0.15) is 5.82 Å².